The van der Waals surface area contributed by atoms with E-state index in [2.05, 4.69) is 27.9 Å². The van der Waals surface area contributed by atoms with Gasteiger partial charge in [-0.2, -0.15) is 0 Å². The van der Waals surface area contributed by atoms with E-state index < -0.39 is 6.04 Å². The van der Waals surface area contributed by atoms with Crippen LogP contribution < -0.4 is 10.2 Å². The molecule has 2 amide bonds. The maximum atomic E-state index is 12.1. The van der Waals surface area contributed by atoms with Gasteiger partial charge in [0.05, 0.1) is 0 Å². The molecule has 0 saturated carbocycles. The topological polar surface area (TPSA) is 49.4 Å². The summed E-state index contributed by atoms with van der Waals surface area (Å²) in [4.78, 5) is 25.2. The van der Waals surface area contributed by atoms with Crippen molar-refractivity contribution in [2.45, 2.75) is 19.4 Å². The van der Waals surface area contributed by atoms with E-state index in [1.165, 1.54) is 0 Å². The summed E-state index contributed by atoms with van der Waals surface area (Å²) in [6.45, 7) is 2.00. The summed E-state index contributed by atoms with van der Waals surface area (Å²) in [5.41, 5.74) is 0.787. The highest BCUT2D eigenvalue weighted by Gasteiger charge is 2.32. The van der Waals surface area contributed by atoms with Crippen LogP contribution in [0.2, 0.25) is 0 Å². The van der Waals surface area contributed by atoms with Gasteiger partial charge in [0.25, 0.3) is 0 Å². The fraction of sp³-hybridized carbons (Fsp3) is 0.333. The Morgan fingerprint density at radius 2 is 2.24 bits per heavy atom. The number of carbonyl (C=O) groups excluding carboxylic acids is 2. The van der Waals surface area contributed by atoms with Crippen molar-refractivity contribution in [2.75, 3.05) is 11.4 Å². The first-order valence-corrected chi connectivity index (χ1v) is 6.56. The zero-order valence-corrected chi connectivity index (χ0v) is 11.6. The van der Waals surface area contributed by atoms with Crippen molar-refractivity contribution in [3.05, 3.63) is 27.8 Å². The monoisotopic (exact) mass is 344 g/mol. The van der Waals surface area contributed by atoms with Gasteiger partial charge in [-0.15, -0.1) is 0 Å². The Bertz CT molecular complexity index is 462. The molecule has 1 aromatic rings. The smallest absolute Gasteiger partial charge is 0.250 e. The van der Waals surface area contributed by atoms with Crippen LogP contribution in [0.5, 0.6) is 0 Å². The largest absolute Gasteiger partial charge is 0.343 e. The number of amides is 2. The second-order valence-electron chi connectivity index (χ2n) is 3.93. The van der Waals surface area contributed by atoms with E-state index in [1.807, 2.05) is 31.2 Å². The molecule has 5 heteroatoms. The molecule has 1 saturated heterocycles. The Morgan fingerprint density at radius 1 is 1.47 bits per heavy atom. The van der Waals surface area contributed by atoms with Gasteiger partial charge in [0, 0.05) is 9.26 Å². The van der Waals surface area contributed by atoms with Crippen LogP contribution in [0.4, 0.5) is 5.69 Å². The fourth-order valence-corrected chi connectivity index (χ4v) is 2.38. The van der Waals surface area contributed by atoms with E-state index in [9.17, 15) is 9.59 Å². The van der Waals surface area contributed by atoms with Crippen LogP contribution in [0.15, 0.2) is 24.3 Å². The molecule has 1 unspecified atom stereocenters. The van der Waals surface area contributed by atoms with Crippen molar-refractivity contribution in [1.82, 2.24) is 5.32 Å². The molecule has 1 aliphatic heterocycles. The van der Waals surface area contributed by atoms with Gasteiger partial charge >= 0.3 is 0 Å². The summed E-state index contributed by atoms with van der Waals surface area (Å²) in [6.07, 6.45) is 0.616. The number of nitrogens with zero attached hydrogens (tertiary/aromatic N) is 1. The Morgan fingerprint density at radius 3 is 2.88 bits per heavy atom. The molecule has 0 aromatic heterocycles. The van der Waals surface area contributed by atoms with Gasteiger partial charge in [0.2, 0.25) is 11.8 Å². The number of piperazine rings is 1. The number of halogens is 1. The molecule has 1 heterocycles. The SMILES string of the molecule is CCC1NC(=O)CN(c2cccc(I)c2)C1=O. The quantitative estimate of drug-likeness (QED) is 0.828. The van der Waals surface area contributed by atoms with E-state index in [-0.39, 0.29) is 18.4 Å². The van der Waals surface area contributed by atoms with E-state index in [0.29, 0.717) is 6.42 Å². The van der Waals surface area contributed by atoms with Crippen molar-refractivity contribution in [2.24, 2.45) is 0 Å². The molecule has 2 rings (SSSR count). The lowest BCUT2D eigenvalue weighted by atomic mass is 10.1. The van der Waals surface area contributed by atoms with Crippen molar-refractivity contribution in [1.29, 1.82) is 0 Å². The van der Waals surface area contributed by atoms with Gasteiger partial charge < -0.3 is 10.2 Å². The maximum Gasteiger partial charge on any atom is 0.250 e. The van der Waals surface area contributed by atoms with Crippen molar-refractivity contribution in [3.63, 3.8) is 0 Å². The average molecular weight is 344 g/mol. The van der Waals surface area contributed by atoms with E-state index >= 15 is 0 Å². The van der Waals surface area contributed by atoms with Crippen LogP contribution in [0.25, 0.3) is 0 Å². The highest BCUT2D eigenvalue weighted by molar-refractivity contribution is 14.1. The molecule has 1 atom stereocenters. The van der Waals surface area contributed by atoms with Gasteiger partial charge in [-0.3, -0.25) is 9.59 Å². The van der Waals surface area contributed by atoms with Crippen LogP contribution >= 0.6 is 22.6 Å². The van der Waals surface area contributed by atoms with Crippen LogP contribution in [0.3, 0.4) is 0 Å². The van der Waals surface area contributed by atoms with E-state index in [4.69, 9.17) is 0 Å². The first-order valence-electron chi connectivity index (χ1n) is 5.48. The minimum Gasteiger partial charge on any atom is -0.343 e. The first-order chi connectivity index (χ1) is 8.11. The molecule has 17 heavy (non-hydrogen) atoms. The first kappa shape index (κ1) is 12.3. The zero-order chi connectivity index (χ0) is 12.4. The van der Waals surface area contributed by atoms with Crippen molar-refractivity contribution in [3.8, 4) is 0 Å². The second kappa shape index (κ2) is 5.03. The van der Waals surface area contributed by atoms with E-state index in [0.717, 1.165) is 9.26 Å². The number of carbonyl (C=O) groups is 2. The number of anilines is 1. The normalized spacial score (nSPS) is 20.4. The summed E-state index contributed by atoms with van der Waals surface area (Å²) in [5, 5.41) is 2.70. The predicted molar refractivity (Wildman–Crippen MR) is 73.7 cm³/mol. The van der Waals surface area contributed by atoms with Crippen LogP contribution in [0, 0.1) is 3.57 Å². The van der Waals surface area contributed by atoms with Crippen molar-refractivity contribution >= 4 is 40.1 Å². The Hall–Kier alpha value is -1.11. The number of benzene rings is 1. The molecular weight excluding hydrogens is 331 g/mol. The highest BCUT2D eigenvalue weighted by atomic mass is 127. The summed E-state index contributed by atoms with van der Waals surface area (Å²) in [7, 11) is 0. The lowest BCUT2D eigenvalue weighted by molar-refractivity contribution is -0.131. The summed E-state index contributed by atoms with van der Waals surface area (Å²) in [6, 6.07) is 7.21. The number of rotatable bonds is 2. The molecule has 1 aromatic carbocycles. The van der Waals surface area contributed by atoms with Gasteiger partial charge in [-0.05, 0) is 47.2 Å². The average Bonchev–Trinajstić information content (AvgIpc) is 2.31. The van der Waals surface area contributed by atoms with Gasteiger partial charge in [0.15, 0.2) is 0 Å². The third kappa shape index (κ3) is 2.59. The molecule has 0 aliphatic carbocycles. The van der Waals surface area contributed by atoms with Crippen molar-refractivity contribution < 1.29 is 9.59 Å². The van der Waals surface area contributed by atoms with E-state index in [1.54, 1.807) is 4.90 Å². The Kier molecular flexibility index (Phi) is 3.66. The standard InChI is InChI=1S/C12H13IN2O2/c1-2-10-12(17)15(7-11(16)14-10)9-5-3-4-8(13)6-9/h3-6,10H,2,7H2,1H3,(H,14,16). The summed E-state index contributed by atoms with van der Waals surface area (Å²) < 4.78 is 1.05. The molecule has 1 N–H and O–H groups in total. The number of nitrogens with one attached hydrogen (secondary N) is 1. The van der Waals surface area contributed by atoms with Gasteiger partial charge in [0.1, 0.15) is 12.6 Å². The number of hydrogen-bond donors (Lipinski definition) is 1. The van der Waals surface area contributed by atoms with Crippen LogP contribution in [-0.4, -0.2) is 24.4 Å². The lowest BCUT2D eigenvalue weighted by Gasteiger charge is -2.32. The van der Waals surface area contributed by atoms with Gasteiger partial charge in [-0.1, -0.05) is 13.0 Å². The number of hydrogen-bond acceptors (Lipinski definition) is 2. The predicted octanol–water partition coefficient (Wildman–Crippen LogP) is 1.53. The highest BCUT2D eigenvalue weighted by Crippen LogP contribution is 2.20. The molecule has 0 radical (unpaired) electrons. The fourth-order valence-electron chi connectivity index (χ4n) is 1.85. The Labute approximate surface area is 114 Å². The molecule has 0 bridgehead atoms. The third-order valence-corrected chi connectivity index (χ3v) is 3.40. The minimum atomic E-state index is -0.394. The molecule has 4 nitrogen and oxygen atoms in total. The molecular formula is C12H13IN2O2. The van der Waals surface area contributed by atoms with Crippen LogP contribution in [0.1, 0.15) is 13.3 Å². The summed E-state index contributed by atoms with van der Waals surface area (Å²) in [5.74, 6) is -0.135. The summed E-state index contributed by atoms with van der Waals surface area (Å²) >= 11 is 2.19. The van der Waals surface area contributed by atoms with Crippen LogP contribution in [-0.2, 0) is 9.59 Å². The minimum absolute atomic E-state index is 0.0332. The third-order valence-electron chi connectivity index (χ3n) is 2.73. The molecule has 0 spiro atoms. The lowest BCUT2D eigenvalue weighted by Crippen LogP contribution is -2.58. The second-order valence-corrected chi connectivity index (χ2v) is 5.18. The van der Waals surface area contributed by atoms with Gasteiger partial charge in [-0.25, -0.2) is 0 Å². The maximum absolute atomic E-state index is 12.1. The Balaban J connectivity index is 2.30. The zero-order valence-electron chi connectivity index (χ0n) is 9.44. The molecule has 1 fully saturated rings. The molecule has 90 valence electrons. The molecule has 1 aliphatic rings.